The van der Waals surface area contributed by atoms with Crippen LogP contribution in [-0.2, 0) is 0 Å². The maximum absolute atomic E-state index is 5.75. The summed E-state index contributed by atoms with van der Waals surface area (Å²) in [6.45, 7) is 0. The molecule has 0 unspecified atom stereocenters. The maximum atomic E-state index is 5.75. The van der Waals surface area contributed by atoms with Crippen LogP contribution in [0.4, 0.5) is 11.4 Å². The monoisotopic (exact) mass is 266 g/mol. The van der Waals surface area contributed by atoms with Crippen molar-refractivity contribution in [1.29, 1.82) is 0 Å². The van der Waals surface area contributed by atoms with E-state index < -0.39 is 0 Å². The Labute approximate surface area is 116 Å². The molecule has 1 aliphatic rings. The zero-order chi connectivity index (χ0) is 13.9. The maximum Gasteiger partial charge on any atom is 0.173 e. The third kappa shape index (κ3) is 2.39. The van der Waals surface area contributed by atoms with Gasteiger partial charge in [-0.15, -0.1) is 0 Å². The second kappa shape index (κ2) is 4.93. The molecule has 3 rings (SSSR count). The second-order valence-electron chi connectivity index (χ2n) is 4.40. The summed E-state index contributed by atoms with van der Waals surface area (Å²) in [5, 5.41) is 8.51. The van der Waals surface area contributed by atoms with Crippen molar-refractivity contribution in [3.8, 4) is 0 Å². The Morgan fingerprint density at radius 2 is 1.15 bits per heavy atom. The molecule has 0 amide bonds. The van der Waals surface area contributed by atoms with Gasteiger partial charge in [-0.1, -0.05) is 24.3 Å². The Balaban J connectivity index is 1.81. The zero-order valence-electron chi connectivity index (χ0n) is 10.7. The van der Waals surface area contributed by atoms with Gasteiger partial charge in [0.15, 0.2) is 11.7 Å². The van der Waals surface area contributed by atoms with Crippen LogP contribution in [0, 0.1) is 0 Å². The molecule has 100 valence electrons. The van der Waals surface area contributed by atoms with Crippen molar-refractivity contribution in [3.05, 3.63) is 59.7 Å². The fraction of sp³-hybridized carbons (Fsp3) is 0. The van der Waals surface area contributed by atoms with Gasteiger partial charge >= 0.3 is 0 Å². The van der Waals surface area contributed by atoms with Gasteiger partial charge < -0.3 is 11.5 Å². The van der Waals surface area contributed by atoms with Gasteiger partial charge in [-0.25, -0.2) is 0 Å². The highest BCUT2D eigenvalue weighted by Crippen LogP contribution is 2.10. The number of nitrogens with one attached hydrogen (secondary N) is 2. The third-order valence-electron chi connectivity index (χ3n) is 2.87. The van der Waals surface area contributed by atoms with Crippen LogP contribution in [0.1, 0.15) is 11.1 Å². The summed E-state index contributed by atoms with van der Waals surface area (Å²) in [7, 11) is 0. The fourth-order valence-electron chi connectivity index (χ4n) is 1.90. The molecule has 0 spiro atoms. The van der Waals surface area contributed by atoms with Gasteiger partial charge in [0.05, 0.1) is 0 Å². The molecule has 0 aliphatic carbocycles. The lowest BCUT2D eigenvalue weighted by molar-refractivity contribution is 0.883. The summed E-state index contributed by atoms with van der Waals surface area (Å²) in [5.41, 5.74) is 20.4. The van der Waals surface area contributed by atoms with Crippen LogP contribution in [0.25, 0.3) is 0 Å². The van der Waals surface area contributed by atoms with E-state index in [2.05, 4.69) is 21.1 Å². The molecule has 0 saturated carbocycles. The summed E-state index contributed by atoms with van der Waals surface area (Å²) in [5.74, 6) is 1.23. The molecule has 0 fully saturated rings. The Morgan fingerprint density at radius 3 is 1.50 bits per heavy atom. The van der Waals surface area contributed by atoms with E-state index in [1.165, 1.54) is 0 Å². The van der Waals surface area contributed by atoms with Crippen LogP contribution >= 0.6 is 0 Å². The van der Waals surface area contributed by atoms with E-state index in [0.717, 1.165) is 11.1 Å². The number of hydrogen-bond acceptors (Lipinski definition) is 6. The predicted octanol–water partition coefficient (Wildman–Crippen LogP) is 1.07. The average molecular weight is 266 g/mol. The van der Waals surface area contributed by atoms with E-state index in [4.69, 9.17) is 11.5 Å². The largest absolute Gasteiger partial charge is 0.399 e. The van der Waals surface area contributed by atoms with Crippen molar-refractivity contribution in [1.82, 2.24) is 10.9 Å². The third-order valence-corrected chi connectivity index (χ3v) is 2.87. The van der Waals surface area contributed by atoms with Crippen LogP contribution in [-0.4, -0.2) is 11.7 Å². The number of rotatable bonds is 2. The van der Waals surface area contributed by atoms with Gasteiger partial charge in [0.25, 0.3) is 0 Å². The average Bonchev–Trinajstić information content (AvgIpc) is 2.47. The first-order valence-electron chi connectivity index (χ1n) is 6.11. The highest BCUT2D eigenvalue weighted by molar-refractivity contribution is 6.06. The van der Waals surface area contributed by atoms with Crippen LogP contribution in [0.3, 0.4) is 0 Å². The molecular formula is C14H14N6. The molecule has 0 atom stereocenters. The van der Waals surface area contributed by atoms with Crippen molar-refractivity contribution < 1.29 is 0 Å². The molecule has 6 N–H and O–H groups in total. The molecule has 0 radical (unpaired) electrons. The molecule has 0 bridgehead atoms. The number of hydrazone groups is 2. The summed E-state index contributed by atoms with van der Waals surface area (Å²) in [4.78, 5) is 0. The van der Waals surface area contributed by atoms with Crippen molar-refractivity contribution >= 4 is 23.0 Å². The van der Waals surface area contributed by atoms with Gasteiger partial charge in [-0.2, -0.15) is 10.2 Å². The highest BCUT2D eigenvalue weighted by Gasteiger charge is 2.11. The second-order valence-corrected chi connectivity index (χ2v) is 4.40. The number of nitrogens with two attached hydrogens (primary N) is 2. The summed E-state index contributed by atoms with van der Waals surface area (Å²) in [6, 6.07) is 14.8. The fourth-order valence-corrected chi connectivity index (χ4v) is 1.90. The number of benzene rings is 2. The number of hydrogen-bond donors (Lipinski definition) is 4. The van der Waals surface area contributed by atoms with Gasteiger partial charge in [0.1, 0.15) is 0 Å². The van der Waals surface area contributed by atoms with E-state index in [9.17, 15) is 0 Å². The quantitative estimate of drug-likeness (QED) is 0.611. The minimum absolute atomic E-state index is 0.616. The molecule has 2 aromatic carbocycles. The number of anilines is 2. The molecular weight excluding hydrogens is 252 g/mol. The van der Waals surface area contributed by atoms with E-state index in [1.54, 1.807) is 0 Å². The van der Waals surface area contributed by atoms with Crippen molar-refractivity contribution in [2.45, 2.75) is 0 Å². The Bertz CT molecular complexity index is 643. The summed E-state index contributed by atoms with van der Waals surface area (Å²) in [6.07, 6.45) is 0. The van der Waals surface area contributed by atoms with Crippen molar-refractivity contribution in [3.63, 3.8) is 0 Å². The number of amidine groups is 2. The molecule has 2 aromatic rings. The molecule has 20 heavy (non-hydrogen) atoms. The van der Waals surface area contributed by atoms with E-state index in [-0.39, 0.29) is 0 Å². The Morgan fingerprint density at radius 1 is 0.700 bits per heavy atom. The lowest BCUT2D eigenvalue weighted by Crippen LogP contribution is -2.34. The lowest BCUT2D eigenvalue weighted by Gasteiger charge is -2.15. The van der Waals surface area contributed by atoms with Crippen LogP contribution in [0.15, 0.2) is 58.7 Å². The molecule has 6 nitrogen and oxygen atoms in total. The smallest absolute Gasteiger partial charge is 0.173 e. The van der Waals surface area contributed by atoms with Gasteiger partial charge in [0.2, 0.25) is 0 Å². The molecule has 0 aromatic heterocycles. The standard InChI is InChI=1S/C14H14N6/c15-11-5-1-3-9(7-11)13-17-19-14(20-18-13)10-4-2-6-12(16)8-10/h1-8H,15-16H2,(H,17,18)(H,19,20). The first-order valence-corrected chi connectivity index (χ1v) is 6.11. The topological polar surface area (TPSA) is 101 Å². The SMILES string of the molecule is Nc1cccc(C2=NNC(c3cccc(N)c3)=NN2)c1. The van der Waals surface area contributed by atoms with Crippen LogP contribution < -0.4 is 22.3 Å². The number of nitrogens with zero attached hydrogens (tertiary/aromatic N) is 2. The highest BCUT2D eigenvalue weighted by atomic mass is 15.5. The normalized spacial score (nSPS) is 13.8. The van der Waals surface area contributed by atoms with E-state index in [1.807, 2.05) is 48.5 Å². The molecule has 0 saturated heterocycles. The predicted molar refractivity (Wildman–Crippen MR) is 81.1 cm³/mol. The van der Waals surface area contributed by atoms with E-state index >= 15 is 0 Å². The van der Waals surface area contributed by atoms with Gasteiger partial charge in [-0.3, -0.25) is 10.9 Å². The molecule has 1 heterocycles. The first kappa shape index (κ1) is 12.0. The first-order chi connectivity index (χ1) is 9.72. The van der Waals surface area contributed by atoms with Crippen LogP contribution in [0.5, 0.6) is 0 Å². The van der Waals surface area contributed by atoms with Gasteiger partial charge in [-0.05, 0) is 24.3 Å². The van der Waals surface area contributed by atoms with Gasteiger partial charge in [0, 0.05) is 22.5 Å². The minimum atomic E-state index is 0.616. The van der Waals surface area contributed by atoms with Crippen LogP contribution in [0.2, 0.25) is 0 Å². The zero-order valence-corrected chi connectivity index (χ0v) is 10.7. The lowest BCUT2D eigenvalue weighted by atomic mass is 10.2. The number of nitrogen functional groups attached to an aromatic ring is 2. The summed E-state index contributed by atoms with van der Waals surface area (Å²) < 4.78 is 0. The Kier molecular flexibility index (Phi) is 2.96. The summed E-state index contributed by atoms with van der Waals surface area (Å²) >= 11 is 0. The van der Waals surface area contributed by atoms with E-state index in [0.29, 0.717) is 23.0 Å². The molecule has 1 aliphatic heterocycles. The molecule has 6 heteroatoms. The minimum Gasteiger partial charge on any atom is -0.399 e. The van der Waals surface area contributed by atoms with Crippen molar-refractivity contribution in [2.24, 2.45) is 10.2 Å². The van der Waals surface area contributed by atoms with Crippen molar-refractivity contribution in [2.75, 3.05) is 11.5 Å². The Hall–Kier alpha value is -3.02.